The Kier molecular flexibility index (Phi) is 3.47. The zero-order chi connectivity index (χ0) is 11.4. The molecule has 0 aliphatic carbocycles. The molecule has 82 valence electrons. The molecule has 0 aliphatic heterocycles. The predicted octanol–water partition coefficient (Wildman–Crippen LogP) is 4.10. The zero-order valence-corrected chi connectivity index (χ0v) is 9.87. The first-order chi connectivity index (χ1) is 7.86. The van der Waals surface area contributed by atoms with Gasteiger partial charge in [0, 0.05) is 11.1 Å². The number of methoxy groups -OCH3 is 1. The number of benzene rings is 2. The summed E-state index contributed by atoms with van der Waals surface area (Å²) < 4.78 is 5.44. The molecule has 2 heteroatoms. The van der Waals surface area contributed by atoms with E-state index in [0.717, 1.165) is 22.4 Å². The van der Waals surface area contributed by atoms with Crippen molar-refractivity contribution < 1.29 is 4.74 Å². The quantitative estimate of drug-likeness (QED) is 0.724. The summed E-state index contributed by atoms with van der Waals surface area (Å²) in [6, 6.07) is 16.2. The van der Waals surface area contributed by atoms with Crippen molar-refractivity contribution in [3.8, 4) is 16.9 Å². The Morgan fingerprint density at radius 1 is 1.00 bits per heavy atom. The van der Waals surface area contributed by atoms with Crippen LogP contribution in [-0.4, -0.2) is 7.11 Å². The second-order valence-corrected chi connectivity index (χ2v) is 3.76. The number of ether oxygens (including phenoxy) is 1. The number of hydrogen-bond donors (Lipinski definition) is 0. The van der Waals surface area contributed by atoms with Gasteiger partial charge in [-0.1, -0.05) is 48.5 Å². The molecule has 0 heterocycles. The molecule has 0 radical (unpaired) electrons. The van der Waals surface area contributed by atoms with Gasteiger partial charge in [-0.25, -0.2) is 0 Å². The fourth-order valence-electron chi connectivity index (χ4n) is 1.78. The van der Waals surface area contributed by atoms with Gasteiger partial charge in [-0.15, -0.1) is 11.6 Å². The minimum absolute atomic E-state index is 0.462. The molecule has 0 aliphatic rings. The average molecular weight is 233 g/mol. The monoisotopic (exact) mass is 232 g/mol. The molecule has 2 rings (SSSR count). The van der Waals surface area contributed by atoms with Gasteiger partial charge in [0.1, 0.15) is 5.75 Å². The molecule has 0 unspecified atom stereocenters. The Morgan fingerprint density at radius 3 is 2.38 bits per heavy atom. The van der Waals surface area contributed by atoms with E-state index >= 15 is 0 Å². The Labute approximate surface area is 101 Å². The molecule has 2 aromatic carbocycles. The van der Waals surface area contributed by atoms with E-state index in [4.69, 9.17) is 16.3 Å². The summed E-state index contributed by atoms with van der Waals surface area (Å²) in [5, 5.41) is 0. The van der Waals surface area contributed by atoms with Crippen LogP contribution in [0.2, 0.25) is 0 Å². The normalized spacial score (nSPS) is 10.1. The van der Waals surface area contributed by atoms with E-state index in [1.165, 1.54) is 0 Å². The molecule has 0 bridgehead atoms. The highest BCUT2D eigenvalue weighted by Crippen LogP contribution is 2.33. The molecule has 0 saturated heterocycles. The van der Waals surface area contributed by atoms with Crippen LogP contribution < -0.4 is 4.74 Å². The Morgan fingerprint density at radius 2 is 1.75 bits per heavy atom. The van der Waals surface area contributed by atoms with Gasteiger partial charge in [-0.2, -0.15) is 0 Å². The lowest BCUT2D eigenvalue weighted by atomic mass is 10.0. The van der Waals surface area contributed by atoms with Crippen molar-refractivity contribution in [2.75, 3.05) is 7.11 Å². The van der Waals surface area contributed by atoms with Crippen molar-refractivity contribution >= 4 is 11.6 Å². The molecule has 0 N–H and O–H groups in total. The van der Waals surface area contributed by atoms with Gasteiger partial charge in [0.25, 0.3) is 0 Å². The molecule has 0 amide bonds. The van der Waals surface area contributed by atoms with Crippen molar-refractivity contribution in [2.45, 2.75) is 5.88 Å². The van der Waals surface area contributed by atoms with Crippen LogP contribution in [-0.2, 0) is 5.88 Å². The van der Waals surface area contributed by atoms with E-state index in [2.05, 4.69) is 12.1 Å². The Bertz CT molecular complexity index is 465. The fourth-order valence-corrected chi connectivity index (χ4v) is 1.99. The van der Waals surface area contributed by atoms with E-state index in [1.807, 2.05) is 36.4 Å². The molecule has 0 spiro atoms. The largest absolute Gasteiger partial charge is 0.496 e. The lowest BCUT2D eigenvalue weighted by Gasteiger charge is -2.12. The second kappa shape index (κ2) is 5.04. The molecule has 16 heavy (non-hydrogen) atoms. The van der Waals surface area contributed by atoms with Crippen LogP contribution in [0, 0.1) is 0 Å². The average Bonchev–Trinajstić information content (AvgIpc) is 2.38. The summed E-state index contributed by atoms with van der Waals surface area (Å²) in [7, 11) is 1.68. The third-order valence-electron chi connectivity index (χ3n) is 2.53. The van der Waals surface area contributed by atoms with Gasteiger partial charge in [0.2, 0.25) is 0 Å². The van der Waals surface area contributed by atoms with Gasteiger partial charge in [-0.3, -0.25) is 0 Å². The van der Waals surface area contributed by atoms with Crippen molar-refractivity contribution in [2.24, 2.45) is 0 Å². The molecule has 1 nitrogen and oxygen atoms in total. The SMILES string of the molecule is COc1c(CCl)cccc1-c1ccccc1. The third-order valence-corrected chi connectivity index (χ3v) is 2.82. The minimum Gasteiger partial charge on any atom is -0.496 e. The van der Waals surface area contributed by atoms with E-state index in [0.29, 0.717) is 5.88 Å². The maximum absolute atomic E-state index is 5.89. The highest BCUT2D eigenvalue weighted by atomic mass is 35.5. The molecular formula is C14H13ClO. The Balaban J connectivity index is 2.57. The van der Waals surface area contributed by atoms with E-state index in [1.54, 1.807) is 7.11 Å². The van der Waals surface area contributed by atoms with Gasteiger partial charge >= 0.3 is 0 Å². The number of alkyl halides is 1. The predicted molar refractivity (Wildman–Crippen MR) is 68.0 cm³/mol. The molecule has 0 fully saturated rings. The molecular weight excluding hydrogens is 220 g/mol. The topological polar surface area (TPSA) is 9.23 Å². The second-order valence-electron chi connectivity index (χ2n) is 3.50. The summed E-state index contributed by atoms with van der Waals surface area (Å²) in [5.41, 5.74) is 3.25. The minimum atomic E-state index is 0.462. The van der Waals surface area contributed by atoms with Crippen LogP contribution in [0.1, 0.15) is 5.56 Å². The van der Waals surface area contributed by atoms with E-state index in [-0.39, 0.29) is 0 Å². The standard InChI is InChI=1S/C14H13ClO/c1-16-14-12(10-15)8-5-9-13(14)11-6-3-2-4-7-11/h2-9H,10H2,1H3. The summed E-state index contributed by atoms with van der Waals surface area (Å²) >= 11 is 5.89. The van der Waals surface area contributed by atoms with Crippen molar-refractivity contribution in [3.05, 3.63) is 54.1 Å². The lowest BCUT2D eigenvalue weighted by Crippen LogP contribution is -1.92. The van der Waals surface area contributed by atoms with Gasteiger partial charge in [0.15, 0.2) is 0 Å². The number of hydrogen-bond acceptors (Lipinski definition) is 1. The van der Waals surface area contributed by atoms with Crippen molar-refractivity contribution in [1.29, 1.82) is 0 Å². The van der Waals surface area contributed by atoms with E-state index in [9.17, 15) is 0 Å². The first kappa shape index (κ1) is 11.0. The van der Waals surface area contributed by atoms with Crippen LogP contribution in [0.5, 0.6) is 5.75 Å². The van der Waals surface area contributed by atoms with Crippen molar-refractivity contribution in [1.82, 2.24) is 0 Å². The summed E-state index contributed by atoms with van der Waals surface area (Å²) in [5.74, 6) is 1.33. The molecule has 0 atom stereocenters. The number of rotatable bonds is 3. The summed E-state index contributed by atoms with van der Waals surface area (Å²) in [4.78, 5) is 0. The van der Waals surface area contributed by atoms with Crippen LogP contribution in [0.25, 0.3) is 11.1 Å². The van der Waals surface area contributed by atoms with Crippen molar-refractivity contribution in [3.63, 3.8) is 0 Å². The fraction of sp³-hybridized carbons (Fsp3) is 0.143. The molecule has 0 saturated carbocycles. The number of halogens is 1. The molecule has 0 aromatic heterocycles. The van der Waals surface area contributed by atoms with Crippen LogP contribution in [0.3, 0.4) is 0 Å². The smallest absolute Gasteiger partial charge is 0.131 e. The highest BCUT2D eigenvalue weighted by molar-refractivity contribution is 6.17. The first-order valence-corrected chi connectivity index (χ1v) is 5.67. The van der Waals surface area contributed by atoms with Gasteiger partial charge in [0.05, 0.1) is 13.0 Å². The summed E-state index contributed by atoms with van der Waals surface area (Å²) in [6.07, 6.45) is 0. The summed E-state index contributed by atoms with van der Waals surface area (Å²) in [6.45, 7) is 0. The lowest BCUT2D eigenvalue weighted by molar-refractivity contribution is 0.413. The maximum Gasteiger partial charge on any atom is 0.131 e. The van der Waals surface area contributed by atoms with Crippen LogP contribution >= 0.6 is 11.6 Å². The third kappa shape index (κ3) is 2.05. The van der Waals surface area contributed by atoms with Crippen LogP contribution in [0.15, 0.2) is 48.5 Å². The van der Waals surface area contributed by atoms with Gasteiger partial charge < -0.3 is 4.74 Å². The molecule has 2 aromatic rings. The number of para-hydroxylation sites is 1. The van der Waals surface area contributed by atoms with E-state index < -0.39 is 0 Å². The highest BCUT2D eigenvalue weighted by Gasteiger charge is 2.09. The van der Waals surface area contributed by atoms with Crippen LogP contribution in [0.4, 0.5) is 0 Å². The zero-order valence-electron chi connectivity index (χ0n) is 9.11. The maximum atomic E-state index is 5.89. The Hall–Kier alpha value is -1.47. The van der Waals surface area contributed by atoms with Gasteiger partial charge in [-0.05, 0) is 5.56 Å². The first-order valence-electron chi connectivity index (χ1n) is 5.14.